The van der Waals surface area contributed by atoms with Gasteiger partial charge in [-0.3, -0.25) is 4.68 Å². The van der Waals surface area contributed by atoms with Gasteiger partial charge in [0.15, 0.2) is 0 Å². The Morgan fingerprint density at radius 1 is 1.00 bits per heavy atom. The van der Waals surface area contributed by atoms with E-state index in [1.54, 1.807) is 10.9 Å². The van der Waals surface area contributed by atoms with E-state index in [1.165, 1.54) is 17.3 Å². The lowest BCUT2D eigenvalue weighted by molar-refractivity contribution is 0.555. The molecule has 3 aromatic rings. The molecule has 0 atom stereocenters. The zero-order valence-corrected chi connectivity index (χ0v) is 14.5. The Hall–Kier alpha value is -2.44. The Kier molecular flexibility index (Phi) is 4.15. The molecule has 2 aromatic carbocycles. The van der Waals surface area contributed by atoms with Gasteiger partial charge in [0.25, 0.3) is 0 Å². The summed E-state index contributed by atoms with van der Waals surface area (Å²) >= 11 is 0. The predicted octanol–water partition coefficient (Wildman–Crippen LogP) is 2.38. The molecule has 1 heterocycles. The third-order valence-corrected chi connectivity index (χ3v) is 5.96. The average Bonchev–Trinajstić information content (AvgIpc) is 3.22. The van der Waals surface area contributed by atoms with E-state index in [0.29, 0.717) is 6.54 Å². The third kappa shape index (κ3) is 3.50. The lowest BCUT2D eigenvalue weighted by atomic mass is 10.1. The second-order valence-corrected chi connectivity index (χ2v) is 8.07. The molecule has 0 unspecified atom stereocenters. The van der Waals surface area contributed by atoms with Crippen LogP contribution in [0.1, 0.15) is 16.7 Å². The van der Waals surface area contributed by atoms with E-state index in [2.05, 4.69) is 22.0 Å². The molecule has 4 rings (SSSR count). The van der Waals surface area contributed by atoms with E-state index in [1.807, 2.05) is 42.5 Å². The van der Waals surface area contributed by atoms with Crippen LogP contribution in [0.3, 0.4) is 0 Å². The molecule has 1 aliphatic carbocycles. The maximum atomic E-state index is 12.6. The number of nitrogens with zero attached hydrogens (tertiary/aromatic N) is 2. The number of hydrogen-bond acceptors (Lipinski definition) is 3. The molecule has 1 aliphatic rings. The van der Waals surface area contributed by atoms with Gasteiger partial charge >= 0.3 is 0 Å². The van der Waals surface area contributed by atoms with Gasteiger partial charge in [-0.15, -0.1) is 0 Å². The van der Waals surface area contributed by atoms with Crippen LogP contribution in [0, 0.1) is 0 Å². The molecule has 5 nitrogen and oxygen atoms in total. The molecule has 0 spiro atoms. The Bertz CT molecular complexity index is 956. The van der Waals surface area contributed by atoms with Crippen molar-refractivity contribution in [1.82, 2.24) is 14.5 Å². The fourth-order valence-electron chi connectivity index (χ4n) is 3.27. The van der Waals surface area contributed by atoms with Crippen LogP contribution in [0.15, 0.2) is 71.9 Å². The van der Waals surface area contributed by atoms with Crippen LogP contribution >= 0.6 is 0 Å². The smallest absolute Gasteiger partial charge is 0.243 e. The van der Waals surface area contributed by atoms with Crippen molar-refractivity contribution in [2.75, 3.05) is 0 Å². The molecule has 6 heteroatoms. The summed E-state index contributed by atoms with van der Waals surface area (Å²) in [7, 11) is -3.57. The highest BCUT2D eigenvalue weighted by atomic mass is 32.2. The molecular weight excluding hydrogens is 334 g/mol. The molecule has 0 fully saturated rings. The zero-order valence-electron chi connectivity index (χ0n) is 13.7. The first-order valence-corrected chi connectivity index (χ1v) is 9.74. The highest BCUT2D eigenvalue weighted by Crippen LogP contribution is 2.23. The molecule has 0 saturated carbocycles. The van der Waals surface area contributed by atoms with Gasteiger partial charge in [-0.05, 0) is 29.5 Å². The SMILES string of the molecule is O=S(=O)(NC1Cc2ccccc2C1)c1cnn(Cc2ccccc2)c1. The topological polar surface area (TPSA) is 64.0 Å². The Morgan fingerprint density at radius 2 is 1.64 bits per heavy atom. The van der Waals surface area contributed by atoms with Crippen molar-refractivity contribution >= 4 is 10.0 Å². The summed E-state index contributed by atoms with van der Waals surface area (Å²) in [5.74, 6) is 0. The van der Waals surface area contributed by atoms with Crippen LogP contribution in [-0.2, 0) is 29.4 Å². The number of fused-ring (bicyclic) bond motifs is 1. The summed E-state index contributed by atoms with van der Waals surface area (Å²) < 4.78 is 29.7. The van der Waals surface area contributed by atoms with Crippen LogP contribution in [0.4, 0.5) is 0 Å². The van der Waals surface area contributed by atoms with Crippen molar-refractivity contribution in [1.29, 1.82) is 0 Å². The van der Waals surface area contributed by atoms with E-state index < -0.39 is 10.0 Å². The Morgan fingerprint density at radius 3 is 2.32 bits per heavy atom. The number of hydrogen-bond donors (Lipinski definition) is 1. The van der Waals surface area contributed by atoms with E-state index in [9.17, 15) is 8.42 Å². The first kappa shape index (κ1) is 16.1. The van der Waals surface area contributed by atoms with Crippen LogP contribution in [0.5, 0.6) is 0 Å². The lowest BCUT2D eigenvalue weighted by Crippen LogP contribution is -2.35. The van der Waals surface area contributed by atoms with Gasteiger partial charge in [-0.25, -0.2) is 13.1 Å². The molecule has 0 radical (unpaired) electrons. The molecule has 1 N–H and O–H groups in total. The van der Waals surface area contributed by atoms with E-state index >= 15 is 0 Å². The van der Waals surface area contributed by atoms with Gasteiger partial charge < -0.3 is 0 Å². The predicted molar refractivity (Wildman–Crippen MR) is 95.7 cm³/mol. The quantitative estimate of drug-likeness (QED) is 0.766. The third-order valence-electron chi connectivity index (χ3n) is 4.48. The number of aromatic nitrogens is 2. The lowest BCUT2D eigenvalue weighted by Gasteiger charge is -2.11. The van der Waals surface area contributed by atoms with E-state index in [4.69, 9.17) is 0 Å². The minimum absolute atomic E-state index is 0.0973. The van der Waals surface area contributed by atoms with Gasteiger partial charge in [-0.1, -0.05) is 54.6 Å². The van der Waals surface area contributed by atoms with E-state index in [0.717, 1.165) is 18.4 Å². The fourth-order valence-corrected chi connectivity index (χ4v) is 4.46. The minimum atomic E-state index is -3.57. The summed E-state index contributed by atoms with van der Waals surface area (Å²) in [6.07, 6.45) is 4.45. The minimum Gasteiger partial charge on any atom is -0.267 e. The molecule has 25 heavy (non-hydrogen) atoms. The summed E-state index contributed by atoms with van der Waals surface area (Å²) in [6.45, 7) is 0.547. The number of benzene rings is 2. The normalized spacial score (nSPS) is 14.6. The average molecular weight is 353 g/mol. The molecule has 128 valence electrons. The molecule has 1 aromatic heterocycles. The van der Waals surface area contributed by atoms with Crippen molar-refractivity contribution in [3.05, 3.63) is 83.7 Å². The summed E-state index contributed by atoms with van der Waals surface area (Å²) in [6, 6.07) is 17.8. The van der Waals surface area contributed by atoms with Crippen LogP contribution < -0.4 is 4.72 Å². The number of sulfonamides is 1. The first-order chi connectivity index (χ1) is 12.1. The van der Waals surface area contributed by atoms with Crippen molar-refractivity contribution in [3.8, 4) is 0 Å². The largest absolute Gasteiger partial charge is 0.267 e. The van der Waals surface area contributed by atoms with Crippen LogP contribution in [-0.4, -0.2) is 24.2 Å². The van der Waals surface area contributed by atoms with Crippen molar-refractivity contribution in [3.63, 3.8) is 0 Å². The number of rotatable bonds is 5. The monoisotopic (exact) mass is 353 g/mol. The van der Waals surface area contributed by atoms with Crippen LogP contribution in [0.2, 0.25) is 0 Å². The zero-order chi connectivity index (χ0) is 17.3. The van der Waals surface area contributed by atoms with E-state index in [-0.39, 0.29) is 10.9 Å². The second kappa shape index (κ2) is 6.46. The highest BCUT2D eigenvalue weighted by Gasteiger charge is 2.27. The summed E-state index contributed by atoms with van der Waals surface area (Å²) in [4.78, 5) is 0.208. The van der Waals surface area contributed by atoms with Crippen LogP contribution in [0.25, 0.3) is 0 Å². The molecule has 0 aliphatic heterocycles. The molecule has 0 amide bonds. The molecular formula is C19H19N3O2S. The standard InChI is InChI=1S/C19H19N3O2S/c23-25(24,21-18-10-16-8-4-5-9-17(16)11-18)19-12-20-22(14-19)13-15-6-2-1-3-7-15/h1-9,12,14,18,21H,10-11,13H2. The second-order valence-electron chi connectivity index (χ2n) is 6.35. The maximum absolute atomic E-state index is 12.6. The molecule has 0 saturated heterocycles. The Labute approximate surface area is 147 Å². The number of nitrogens with one attached hydrogen (secondary N) is 1. The van der Waals surface area contributed by atoms with Gasteiger partial charge in [0.05, 0.1) is 12.7 Å². The summed E-state index contributed by atoms with van der Waals surface area (Å²) in [5, 5.41) is 4.19. The fraction of sp³-hybridized carbons (Fsp3) is 0.211. The molecule has 0 bridgehead atoms. The first-order valence-electron chi connectivity index (χ1n) is 8.26. The van der Waals surface area contributed by atoms with Gasteiger partial charge in [0, 0.05) is 12.2 Å². The van der Waals surface area contributed by atoms with Crippen molar-refractivity contribution < 1.29 is 8.42 Å². The van der Waals surface area contributed by atoms with Gasteiger partial charge in [0.2, 0.25) is 10.0 Å². The van der Waals surface area contributed by atoms with Crippen molar-refractivity contribution in [2.24, 2.45) is 0 Å². The van der Waals surface area contributed by atoms with Crippen molar-refractivity contribution in [2.45, 2.75) is 30.3 Å². The Balaban J connectivity index is 1.46. The highest BCUT2D eigenvalue weighted by molar-refractivity contribution is 7.89. The van der Waals surface area contributed by atoms with Gasteiger partial charge in [-0.2, -0.15) is 5.10 Å². The summed E-state index contributed by atoms with van der Waals surface area (Å²) in [5.41, 5.74) is 3.51. The van der Waals surface area contributed by atoms with Gasteiger partial charge in [0.1, 0.15) is 4.90 Å². The maximum Gasteiger partial charge on any atom is 0.243 e.